The number of hydrogen-bond donors (Lipinski definition) is 2. The van der Waals surface area contributed by atoms with Gasteiger partial charge in [-0.1, -0.05) is 27.2 Å². The van der Waals surface area contributed by atoms with Crippen LogP contribution in [0.25, 0.3) is 0 Å². The first kappa shape index (κ1) is 24.3. The molecule has 5 heteroatoms. The molecule has 0 bridgehead atoms. The monoisotopic (exact) mass is 467 g/mol. The summed E-state index contributed by atoms with van der Waals surface area (Å²) in [7, 11) is 0. The van der Waals surface area contributed by atoms with E-state index in [2.05, 4.69) is 31.9 Å². The van der Waals surface area contributed by atoms with E-state index in [9.17, 15) is 10.2 Å². The van der Waals surface area contributed by atoms with E-state index in [4.69, 9.17) is 5.26 Å². The van der Waals surface area contributed by atoms with Gasteiger partial charge < -0.3 is 10.2 Å². The number of nitriles is 1. The maximum absolute atomic E-state index is 11.7. The van der Waals surface area contributed by atoms with E-state index in [1.165, 1.54) is 38.5 Å². The third kappa shape index (κ3) is 3.75. The second-order valence-electron chi connectivity index (χ2n) is 13.4. The summed E-state index contributed by atoms with van der Waals surface area (Å²) in [6.07, 6.45) is 15.9. The number of nitrogens with zero attached hydrogens (tertiary/aromatic N) is 3. The molecule has 5 nitrogen and oxygen atoms in total. The van der Waals surface area contributed by atoms with E-state index in [0.29, 0.717) is 29.4 Å². The normalized spacial score (nSPS) is 45.5. The lowest BCUT2D eigenvalue weighted by Gasteiger charge is -2.62. The fourth-order valence-corrected chi connectivity index (χ4v) is 9.98. The van der Waals surface area contributed by atoms with Gasteiger partial charge in [0.25, 0.3) is 0 Å². The predicted molar refractivity (Wildman–Crippen MR) is 133 cm³/mol. The van der Waals surface area contributed by atoms with Crippen LogP contribution in [-0.4, -0.2) is 31.2 Å². The van der Waals surface area contributed by atoms with Crippen molar-refractivity contribution in [1.82, 2.24) is 9.78 Å². The smallest absolute Gasteiger partial charge is 0.102 e. The fraction of sp³-hybridized carbons (Fsp3) is 0.862. The van der Waals surface area contributed by atoms with E-state index in [1.54, 1.807) is 17.1 Å². The summed E-state index contributed by atoms with van der Waals surface area (Å²) >= 11 is 0. The number of aliphatic hydroxyl groups is 2. The van der Waals surface area contributed by atoms with Gasteiger partial charge in [0.2, 0.25) is 0 Å². The van der Waals surface area contributed by atoms with Crippen molar-refractivity contribution in [2.75, 3.05) is 0 Å². The zero-order valence-corrected chi connectivity index (χ0v) is 21.8. The molecule has 0 saturated heterocycles. The molecule has 5 rings (SSSR count). The summed E-state index contributed by atoms with van der Waals surface area (Å²) in [6.45, 7) is 9.68. The number of rotatable bonds is 5. The Bertz CT molecular complexity index is 949. The lowest BCUT2D eigenvalue weighted by Crippen LogP contribution is -2.57. The molecule has 4 aliphatic carbocycles. The van der Waals surface area contributed by atoms with Crippen LogP contribution < -0.4 is 0 Å². The Morgan fingerprint density at radius 1 is 1.12 bits per heavy atom. The fourth-order valence-electron chi connectivity index (χ4n) is 9.98. The second-order valence-corrected chi connectivity index (χ2v) is 13.4. The van der Waals surface area contributed by atoms with Crippen LogP contribution in [0.5, 0.6) is 0 Å². The Hall–Kier alpha value is -1.38. The van der Waals surface area contributed by atoms with Crippen molar-refractivity contribution in [3.8, 4) is 6.07 Å². The minimum Gasteiger partial charge on any atom is -0.390 e. The van der Waals surface area contributed by atoms with Crippen molar-refractivity contribution in [3.63, 3.8) is 0 Å². The Morgan fingerprint density at radius 3 is 2.59 bits per heavy atom. The second kappa shape index (κ2) is 8.34. The Kier molecular flexibility index (Phi) is 5.97. The van der Waals surface area contributed by atoms with Gasteiger partial charge in [0.15, 0.2) is 0 Å². The first-order valence-electron chi connectivity index (χ1n) is 13.9. The van der Waals surface area contributed by atoms with Crippen molar-refractivity contribution in [1.29, 1.82) is 5.26 Å². The maximum atomic E-state index is 11.7. The van der Waals surface area contributed by atoms with Gasteiger partial charge in [-0.05, 0) is 112 Å². The molecule has 0 amide bonds. The van der Waals surface area contributed by atoms with E-state index in [1.807, 2.05) is 6.92 Å². The van der Waals surface area contributed by atoms with E-state index in [0.717, 1.165) is 43.9 Å². The highest BCUT2D eigenvalue weighted by Crippen LogP contribution is 2.69. The van der Waals surface area contributed by atoms with Crippen molar-refractivity contribution in [3.05, 3.63) is 18.0 Å². The van der Waals surface area contributed by atoms with Crippen molar-refractivity contribution < 1.29 is 10.2 Å². The average molecular weight is 468 g/mol. The van der Waals surface area contributed by atoms with Crippen LogP contribution in [0.1, 0.15) is 104 Å². The minimum absolute atomic E-state index is 0.163. The summed E-state index contributed by atoms with van der Waals surface area (Å²) < 4.78 is 1.76. The molecule has 4 saturated carbocycles. The molecule has 0 unspecified atom stereocenters. The first-order chi connectivity index (χ1) is 16.0. The molecule has 1 aromatic heterocycles. The van der Waals surface area contributed by atoms with Crippen LogP contribution in [0.3, 0.4) is 0 Å². The van der Waals surface area contributed by atoms with E-state index >= 15 is 0 Å². The largest absolute Gasteiger partial charge is 0.390 e. The average Bonchev–Trinajstić information content (AvgIpc) is 3.38. The van der Waals surface area contributed by atoms with Gasteiger partial charge >= 0.3 is 0 Å². The summed E-state index contributed by atoms with van der Waals surface area (Å²) in [6, 6.07) is 2.14. The number of fused-ring (bicyclic) bond motifs is 5. The number of hydrogen-bond acceptors (Lipinski definition) is 4. The van der Waals surface area contributed by atoms with Gasteiger partial charge in [-0.3, -0.25) is 4.68 Å². The zero-order chi connectivity index (χ0) is 24.4. The molecule has 188 valence electrons. The zero-order valence-electron chi connectivity index (χ0n) is 21.8. The summed E-state index contributed by atoms with van der Waals surface area (Å²) in [5, 5.41) is 36.4. The summed E-state index contributed by atoms with van der Waals surface area (Å²) in [5.74, 6) is 3.13. The van der Waals surface area contributed by atoms with E-state index < -0.39 is 11.2 Å². The van der Waals surface area contributed by atoms with Crippen LogP contribution in [-0.2, 0) is 6.54 Å². The third-order valence-corrected chi connectivity index (χ3v) is 11.5. The van der Waals surface area contributed by atoms with Gasteiger partial charge in [0.1, 0.15) is 6.07 Å². The molecular weight excluding hydrogens is 422 g/mol. The van der Waals surface area contributed by atoms with Gasteiger partial charge in [0.05, 0.1) is 29.5 Å². The summed E-state index contributed by atoms with van der Waals surface area (Å²) in [5.41, 5.74) is -0.179. The standard InChI is InChI=1S/C29H45N3O2/c1-5-11-29(34)14-13-26(2)21(15-29)6-7-22-23-8-9-25(27(23,3)12-10-24(22)26)28(4,33)19-32-18-20(16-30)17-31-32/h17-18,21-25,33-34H,5-15,19H2,1-4H3/t21-,22+,23+,24+,25+,26+,27+,28-,29-/m1/s1. The van der Waals surface area contributed by atoms with Crippen LogP contribution >= 0.6 is 0 Å². The molecule has 1 heterocycles. The van der Waals surface area contributed by atoms with Crippen molar-refractivity contribution in [2.45, 2.75) is 116 Å². The Morgan fingerprint density at radius 2 is 1.88 bits per heavy atom. The highest BCUT2D eigenvalue weighted by atomic mass is 16.3. The molecule has 1 aromatic rings. The molecule has 0 aliphatic heterocycles. The Balaban J connectivity index is 1.34. The SMILES string of the molecule is CCC[C@@]1(O)CC[C@@]2(C)[C@H](CC[C@@H]3[C@@H]2CC[C@@]2(C)[C@H]3CC[C@@H]2[C@](C)(O)Cn2cc(C#N)cn2)C1. The quantitative estimate of drug-likeness (QED) is 0.582. The molecule has 9 atom stereocenters. The number of aromatic nitrogens is 2. The molecule has 34 heavy (non-hydrogen) atoms. The van der Waals surface area contributed by atoms with Crippen molar-refractivity contribution in [2.24, 2.45) is 40.4 Å². The maximum Gasteiger partial charge on any atom is 0.102 e. The lowest BCUT2D eigenvalue weighted by atomic mass is 9.43. The molecule has 0 spiro atoms. The van der Waals surface area contributed by atoms with Crippen molar-refractivity contribution >= 4 is 0 Å². The molecule has 0 aromatic carbocycles. The topological polar surface area (TPSA) is 82.1 Å². The highest BCUT2D eigenvalue weighted by Gasteiger charge is 2.63. The minimum atomic E-state index is -0.836. The first-order valence-corrected chi connectivity index (χ1v) is 13.9. The van der Waals surface area contributed by atoms with Crippen LogP contribution in [0, 0.1) is 51.8 Å². The molecule has 0 radical (unpaired) electrons. The molecular formula is C29H45N3O2. The molecule has 2 N–H and O–H groups in total. The van der Waals surface area contributed by atoms with E-state index in [-0.39, 0.29) is 11.3 Å². The summed E-state index contributed by atoms with van der Waals surface area (Å²) in [4.78, 5) is 0. The van der Waals surface area contributed by atoms with Crippen LogP contribution in [0.2, 0.25) is 0 Å². The van der Waals surface area contributed by atoms with Crippen LogP contribution in [0.15, 0.2) is 12.4 Å². The van der Waals surface area contributed by atoms with Gasteiger partial charge in [0, 0.05) is 6.20 Å². The van der Waals surface area contributed by atoms with Gasteiger partial charge in [-0.2, -0.15) is 10.4 Å². The lowest BCUT2D eigenvalue weighted by molar-refractivity contribution is -0.163. The highest BCUT2D eigenvalue weighted by molar-refractivity contribution is 5.22. The molecule has 4 aliphatic rings. The Labute approximate surface area is 205 Å². The van der Waals surface area contributed by atoms with Gasteiger partial charge in [-0.25, -0.2) is 0 Å². The predicted octanol–water partition coefficient (Wildman–Crippen LogP) is 5.70. The van der Waals surface area contributed by atoms with Gasteiger partial charge in [-0.15, -0.1) is 0 Å². The third-order valence-electron chi connectivity index (χ3n) is 11.5. The molecule has 4 fully saturated rings. The van der Waals surface area contributed by atoms with Crippen LogP contribution in [0.4, 0.5) is 0 Å².